The summed E-state index contributed by atoms with van der Waals surface area (Å²) >= 11 is 3.40. The zero-order chi connectivity index (χ0) is 10.0. The number of nitrogens with two attached hydrogens (primary N) is 1. The number of hydrogen-bond donors (Lipinski definition) is 1. The summed E-state index contributed by atoms with van der Waals surface area (Å²) in [6.07, 6.45) is 0. The normalized spacial score (nSPS) is 13.0. The van der Waals surface area contributed by atoms with Gasteiger partial charge in [0.2, 0.25) is 5.88 Å². The van der Waals surface area contributed by atoms with Gasteiger partial charge in [-0.05, 0) is 29.8 Å². The lowest BCUT2D eigenvalue weighted by Gasteiger charge is -2.08. The molecule has 0 saturated heterocycles. The third kappa shape index (κ3) is 2.45. The van der Waals surface area contributed by atoms with Gasteiger partial charge in [-0.1, -0.05) is 0 Å². The van der Waals surface area contributed by atoms with E-state index in [0.717, 1.165) is 16.0 Å². The first-order valence-electron chi connectivity index (χ1n) is 4.10. The second-order valence-corrected chi connectivity index (χ2v) is 3.91. The predicted molar refractivity (Wildman–Crippen MR) is 54.8 cm³/mol. The SMILES string of the molecule is Cc1nn(C)c(OCC(C)N)c1Br. The van der Waals surface area contributed by atoms with Gasteiger partial charge in [-0.3, -0.25) is 0 Å². The van der Waals surface area contributed by atoms with E-state index in [4.69, 9.17) is 10.5 Å². The minimum Gasteiger partial charge on any atom is -0.475 e. The molecule has 0 fully saturated rings. The Morgan fingerprint density at radius 1 is 1.69 bits per heavy atom. The molecule has 0 radical (unpaired) electrons. The molecule has 0 aromatic carbocycles. The van der Waals surface area contributed by atoms with Gasteiger partial charge in [0.15, 0.2) is 0 Å². The van der Waals surface area contributed by atoms with Crippen LogP contribution in [0.25, 0.3) is 0 Å². The highest BCUT2D eigenvalue weighted by molar-refractivity contribution is 9.10. The molecule has 4 nitrogen and oxygen atoms in total. The number of aromatic nitrogens is 2. The van der Waals surface area contributed by atoms with E-state index in [1.165, 1.54) is 0 Å². The van der Waals surface area contributed by atoms with Crippen molar-refractivity contribution < 1.29 is 4.74 Å². The van der Waals surface area contributed by atoms with Gasteiger partial charge in [0, 0.05) is 13.1 Å². The molecule has 2 N–H and O–H groups in total. The lowest BCUT2D eigenvalue weighted by molar-refractivity contribution is 0.270. The Bertz CT molecular complexity index is 296. The van der Waals surface area contributed by atoms with Crippen LogP contribution in [0.3, 0.4) is 0 Å². The Balaban J connectivity index is 2.76. The summed E-state index contributed by atoms with van der Waals surface area (Å²) in [4.78, 5) is 0. The maximum atomic E-state index is 5.58. The molecule has 74 valence electrons. The van der Waals surface area contributed by atoms with Gasteiger partial charge < -0.3 is 10.5 Å². The van der Waals surface area contributed by atoms with Crippen LogP contribution in [-0.2, 0) is 7.05 Å². The fourth-order valence-corrected chi connectivity index (χ4v) is 1.43. The first-order chi connectivity index (χ1) is 6.02. The van der Waals surface area contributed by atoms with Crippen molar-refractivity contribution in [3.05, 3.63) is 10.2 Å². The maximum Gasteiger partial charge on any atom is 0.226 e. The number of halogens is 1. The van der Waals surface area contributed by atoms with E-state index in [1.807, 2.05) is 20.9 Å². The molecule has 13 heavy (non-hydrogen) atoms. The van der Waals surface area contributed by atoms with Crippen LogP contribution >= 0.6 is 15.9 Å². The van der Waals surface area contributed by atoms with Crippen molar-refractivity contribution in [2.45, 2.75) is 19.9 Å². The molecule has 0 aliphatic carbocycles. The molecule has 0 spiro atoms. The standard InChI is InChI=1S/C8H14BrN3O/c1-5(10)4-13-8-7(9)6(2)11-12(8)3/h5H,4,10H2,1-3H3. The first-order valence-corrected chi connectivity index (χ1v) is 4.89. The van der Waals surface area contributed by atoms with Crippen molar-refractivity contribution >= 4 is 15.9 Å². The minimum atomic E-state index is 0.0297. The molecule has 1 heterocycles. The van der Waals surface area contributed by atoms with Gasteiger partial charge in [-0.15, -0.1) is 0 Å². The van der Waals surface area contributed by atoms with Crippen molar-refractivity contribution in [2.24, 2.45) is 12.8 Å². The summed E-state index contributed by atoms with van der Waals surface area (Å²) < 4.78 is 8.07. The molecule has 0 aliphatic heterocycles. The van der Waals surface area contributed by atoms with E-state index in [9.17, 15) is 0 Å². The molecule has 1 aromatic rings. The Labute approximate surface area is 86.2 Å². The average Bonchev–Trinajstić information content (AvgIpc) is 2.24. The van der Waals surface area contributed by atoms with Crippen molar-refractivity contribution in [3.63, 3.8) is 0 Å². The molecule has 1 unspecified atom stereocenters. The van der Waals surface area contributed by atoms with E-state index in [1.54, 1.807) is 4.68 Å². The highest BCUT2D eigenvalue weighted by atomic mass is 79.9. The fourth-order valence-electron chi connectivity index (χ4n) is 0.978. The zero-order valence-corrected chi connectivity index (χ0v) is 9.63. The molecule has 1 atom stereocenters. The molecular formula is C8H14BrN3O. The minimum absolute atomic E-state index is 0.0297. The van der Waals surface area contributed by atoms with Gasteiger partial charge in [-0.25, -0.2) is 4.68 Å². The third-order valence-electron chi connectivity index (χ3n) is 1.58. The van der Waals surface area contributed by atoms with Crippen LogP contribution in [-0.4, -0.2) is 22.4 Å². The Hall–Kier alpha value is -0.550. The Morgan fingerprint density at radius 2 is 2.31 bits per heavy atom. The summed E-state index contributed by atoms with van der Waals surface area (Å²) in [7, 11) is 1.84. The van der Waals surface area contributed by atoms with E-state index in [0.29, 0.717) is 6.61 Å². The van der Waals surface area contributed by atoms with Gasteiger partial charge >= 0.3 is 0 Å². The maximum absolute atomic E-state index is 5.58. The van der Waals surface area contributed by atoms with Crippen LogP contribution in [0.4, 0.5) is 0 Å². The Morgan fingerprint density at radius 3 is 2.69 bits per heavy atom. The number of hydrogen-bond acceptors (Lipinski definition) is 3. The first kappa shape index (κ1) is 10.5. The van der Waals surface area contributed by atoms with Crippen LogP contribution < -0.4 is 10.5 Å². The second-order valence-electron chi connectivity index (χ2n) is 3.12. The van der Waals surface area contributed by atoms with Gasteiger partial charge in [0.25, 0.3) is 0 Å². The lowest BCUT2D eigenvalue weighted by Crippen LogP contribution is -2.24. The number of aryl methyl sites for hydroxylation is 2. The quantitative estimate of drug-likeness (QED) is 0.874. The number of ether oxygens (including phenoxy) is 1. The van der Waals surface area contributed by atoms with Crippen molar-refractivity contribution in [3.8, 4) is 5.88 Å². The fraction of sp³-hybridized carbons (Fsp3) is 0.625. The molecule has 0 aliphatic rings. The van der Waals surface area contributed by atoms with Crippen LogP contribution in [0.1, 0.15) is 12.6 Å². The summed E-state index contributed by atoms with van der Waals surface area (Å²) in [6.45, 7) is 4.32. The third-order valence-corrected chi connectivity index (χ3v) is 2.50. The molecule has 0 amide bonds. The zero-order valence-electron chi connectivity index (χ0n) is 8.04. The largest absolute Gasteiger partial charge is 0.475 e. The van der Waals surface area contributed by atoms with Gasteiger partial charge in [-0.2, -0.15) is 5.10 Å². The monoisotopic (exact) mass is 247 g/mol. The van der Waals surface area contributed by atoms with Crippen molar-refractivity contribution in [1.82, 2.24) is 9.78 Å². The Kier molecular flexibility index (Phi) is 3.33. The number of nitrogens with zero attached hydrogens (tertiary/aromatic N) is 2. The van der Waals surface area contributed by atoms with E-state index in [-0.39, 0.29) is 6.04 Å². The average molecular weight is 248 g/mol. The highest BCUT2D eigenvalue weighted by Crippen LogP contribution is 2.27. The van der Waals surface area contributed by atoms with Crippen LogP contribution in [0.15, 0.2) is 4.47 Å². The lowest BCUT2D eigenvalue weighted by atomic mass is 10.4. The topological polar surface area (TPSA) is 53.1 Å². The number of rotatable bonds is 3. The van der Waals surface area contributed by atoms with Crippen molar-refractivity contribution in [2.75, 3.05) is 6.61 Å². The molecule has 5 heteroatoms. The predicted octanol–water partition coefficient (Wildman–Crippen LogP) is 1.22. The molecule has 1 aromatic heterocycles. The van der Waals surface area contributed by atoms with Gasteiger partial charge in [0.1, 0.15) is 11.1 Å². The molecule has 0 saturated carbocycles. The molecule has 0 bridgehead atoms. The second kappa shape index (κ2) is 4.11. The summed E-state index contributed by atoms with van der Waals surface area (Å²) in [5.41, 5.74) is 6.50. The summed E-state index contributed by atoms with van der Waals surface area (Å²) in [5.74, 6) is 0.731. The van der Waals surface area contributed by atoms with Gasteiger partial charge in [0.05, 0.1) is 5.69 Å². The van der Waals surface area contributed by atoms with Crippen LogP contribution in [0.2, 0.25) is 0 Å². The van der Waals surface area contributed by atoms with Crippen LogP contribution in [0, 0.1) is 6.92 Å². The van der Waals surface area contributed by atoms with E-state index < -0.39 is 0 Å². The van der Waals surface area contributed by atoms with Crippen LogP contribution in [0.5, 0.6) is 5.88 Å². The summed E-state index contributed by atoms with van der Waals surface area (Å²) in [5, 5.41) is 4.19. The highest BCUT2D eigenvalue weighted by Gasteiger charge is 2.11. The van der Waals surface area contributed by atoms with Crippen molar-refractivity contribution in [1.29, 1.82) is 0 Å². The smallest absolute Gasteiger partial charge is 0.226 e. The molecular weight excluding hydrogens is 234 g/mol. The van der Waals surface area contributed by atoms with E-state index in [2.05, 4.69) is 21.0 Å². The summed E-state index contributed by atoms with van der Waals surface area (Å²) in [6, 6.07) is 0.0297. The molecule has 1 rings (SSSR count). The van der Waals surface area contributed by atoms with E-state index >= 15 is 0 Å².